The summed E-state index contributed by atoms with van der Waals surface area (Å²) in [5, 5.41) is 0. The third-order valence-corrected chi connectivity index (χ3v) is 2.17. The fourth-order valence-electron chi connectivity index (χ4n) is 1.36. The van der Waals surface area contributed by atoms with E-state index in [1.54, 1.807) is 0 Å². The summed E-state index contributed by atoms with van der Waals surface area (Å²) in [7, 11) is 0. The van der Waals surface area contributed by atoms with Gasteiger partial charge in [0.2, 0.25) is 6.29 Å². The lowest BCUT2D eigenvalue weighted by molar-refractivity contribution is 0.00638. The molecule has 0 aliphatic carbocycles. The van der Waals surface area contributed by atoms with Gasteiger partial charge in [-0.15, -0.1) is 0 Å². The van der Waals surface area contributed by atoms with Gasteiger partial charge in [-0.3, -0.25) is 0 Å². The molecule has 0 radical (unpaired) electrons. The summed E-state index contributed by atoms with van der Waals surface area (Å²) in [5.74, 6) is 6.89. The Labute approximate surface area is 87.0 Å². The average Bonchev–Trinajstić information content (AvgIpc) is 2.63. The number of hydrogen-bond acceptors (Lipinski definition) is 2. The van der Waals surface area contributed by atoms with Gasteiger partial charge in [0.25, 0.3) is 0 Å². The number of rotatable bonds is 4. The van der Waals surface area contributed by atoms with Gasteiger partial charge in [0.05, 0.1) is 13.2 Å². The van der Waals surface area contributed by atoms with Gasteiger partial charge < -0.3 is 9.47 Å². The van der Waals surface area contributed by atoms with Crippen molar-refractivity contribution in [3.8, 4) is 11.8 Å². The molecule has 0 spiro atoms. The van der Waals surface area contributed by atoms with Gasteiger partial charge in [0, 0.05) is 6.42 Å². The van der Waals surface area contributed by atoms with Crippen molar-refractivity contribution in [3.05, 3.63) is 0 Å². The van der Waals surface area contributed by atoms with Crippen molar-refractivity contribution >= 4 is 0 Å². The van der Waals surface area contributed by atoms with Crippen LogP contribution in [0.4, 0.5) is 0 Å². The summed E-state index contributed by atoms with van der Waals surface area (Å²) < 4.78 is 10.4. The van der Waals surface area contributed by atoms with Crippen molar-refractivity contribution in [2.24, 2.45) is 5.92 Å². The molecule has 1 aliphatic heterocycles. The Morgan fingerprint density at radius 3 is 2.57 bits per heavy atom. The highest BCUT2D eigenvalue weighted by atomic mass is 16.7. The highest BCUT2D eigenvalue weighted by Crippen LogP contribution is 2.07. The van der Waals surface area contributed by atoms with Crippen molar-refractivity contribution in [2.45, 2.75) is 45.8 Å². The minimum Gasteiger partial charge on any atom is -0.340 e. The number of hydrogen-bond donors (Lipinski definition) is 0. The van der Waals surface area contributed by atoms with Gasteiger partial charge in [-0.05, 0) is 18.3 Å². The van der Waals surface area contributed by atoms with Crippen LogP contribution in [-0.2, 0) is 9.47 Å². The van der Waals surface area contributed by atoms with Crippen LogP contribution in [-0.4, -0.2) is 19.5 Å². The van der Waals surface area contributed by atoms with E-state index in [0.717, 1.165) is 12.3 Å². The molecule has 2 nitrogen and oxygen atoms in total. The molecule has 1 fully saturated rings. The minimum atomic E-state index is -0.250. The Bertz CT molecular complexity index is 194. The van der Waals surface area contributed by atoms with E-state index < -0.39 is 0 Å². The third-order valence-electron chi connectivity index (χ3n) is 2.17. The standard InChI is InChI=1S/C12H20O2/c1-11(2)7-5-3-4-6-8-12-13-9-10-14-12/h11-12H,3-5,7,9-10H2,1-2H3. The monoisotopic (exact) mass is 196 g/mol. The first-order valence-corrected chi connectivity index (χ1v) is 5.50. The van der Waals surface area contributed by atoms with E-state index in [2.05, 4.69) is 25.7 Å². The van der Waals surface area contributed by atoms with E-state index in [0.29, 0.717) is 13.2 Å². The molecule has 0 atom stereocenters. The fraction of sp³-hybridized carbons (Fsp3) is 0.833. The Morgan fingerprint density at radius 1 is 1.21 bits per heavy atom. The molecule has 0 N–H and O–H groups in total. The highest BCUT2D eigenvalue weighted by molar-refractivity contribution is 5.02. The van der Waals surface area contributed by atoms with Gasteiger partial charge in [0.15, 0.2) is 0 Å². The third kappa shape index (κ3) is 5.26. The molecule has 1 aliphatic rings. The largest absolute Gasteiger partial charge is 0.340 e. The summed E-state index contributed by atoms with van der Waals surface area (Å²) >= 11 is 0. The van der Waals surface area contributed by atoms with Crippen molar-refractivity contribution in [1.82, 2.24) is 0 Å². The van der Waals surface area contributed by atoms with E-state index in [1.807, 2.05) is 0 Å². The van der Waals surface area contributed by atoms with E-state index in [9.17, 15) is 0 Å². The van der Waals surface area contributed by atoms with Crippen LogP contribution in [0.1, 0.15) is 39.5 Å². The lowest BCUT2D eigenvalue weighted by atomic mass is 10.1. The zero-order chi connectivity index (χ0) is 10.2. The van der Waals surface area contributed by atoms with Gasteiger partial charge in [-0.1, -0.05) is 32.6 Å². The van der Waals surface area contributed by atoms with E-state index in [1.165, 1.54) is 19.3 Å². The van der Waals surface area contributed by atoms with Crippen LogP contribution in [0.5, 0.6) is 0 Å². The molecule has 1 rings (SSSR count). The molecule has 80 valence electrons. The molecule has 0 aromatic carbocycles. The van der Waals surface area contributed by atoms with E-state index >= 15 is 0 Å². The Balaban J connectivity index is 1.96. The Morgan fingerprint density at radius 2 is 1.93 bits per heavy atom. The average molecular weight is 196 g/mol. The molecular formula is C12H20O2. The molecule has 0 bridgehead atoms. The molecule has 1 saturated heterocycles. The van der Waals surface area contributed by atoms with Crippen LogP contribution in [0.25, 0.3) is 0 Å². The molecule has 14 heavy (non-hydrogen) atoms. The second kappa shape index (κ2) is 6.86. The predicted octanol–water partition coefficient (Wildman–Crippen LogP) is 2.58. The second-order valence-electron chi connectivity index (χ2n) is 4.03. The number of unbranched alkanes of at least 4 members (excludes halogenated alkanes) is 2. The second-order valence-corrected chi connectivity index (χ2v) is 4.03. The first-order valence-electron chi connectivity index (χ1n) is 5.50. The maximum absolute atomic E-state index is 5.20. The first kappa shape index (κ1) is 11.6. The van der Waals surface area contributed by atoms with Gasteiger partial charge >= 0.3 is 0 Å². The molecule has 0 amide bonds. The van der Waals surface area contributed by atoms with Gasteiger partial charge in [0.1, 0.15) is 0 Å². The quantitative estimate of drug-likeness (QED) is 0.508. The molecule has 2 heteroatoms. The van der Waals surface area contributed by atoms with Crippen LogP contribution in [0.3, 0.4) is 0 Å². The molecule has 0 unspecified atom stereocenters. The van der Waals surface area contributed by atoms with Crippen molar-refractivity contribution in [2.75, 3.05) is 13.2 Å². The lowest BCUT2D eigenvalue weighted by Gasteiger charge is -2.01. The highest BCUT2D eigenvalue weighted by Gasteiger charge is 2.11. The van der Waals surface area contributed by atoms with Crippen LogP contribution < -0.4 is 0 Å². The summed E-state index contributed by atoms with van der Waals surface area (Å²) in [5.41, 5.74) is 0. The van der Waals surface area contributed by atoms with Crippen LogP contribution in [0.15, 0.2) is 0 Å². The van der Waals surface area contributed by atoms with E-state index in [-0.39, 0.29) is 6.29 Å². The van der Waals surface area contributed by atoms with Crippen molar-refractivity contribution in [1.29, 1.82) is 0 Å². The molecule has 0 saturated carbocycles. The van der Waals surface area contributed by atoms with Crippen LogP contribution in [0.2, 0.25) is 0 Å². The molecule has 1 heterocycles. The van der Waals surface area contributed by atoms with E-state index in [4.69, 9.17) is 9.47 Å². The molecular weight excluding hydrogens is 176 g/mol. The summed E-state index contributed by atoms with van der Waals surface area (Å²) in [6.45, 7) is 5.89. The smallest absolute Gasteiger partial charge is 0.222 e. The summed E-state index contributed by atoms with van der Waals surface area (Å²) in [4.78, 5) is 0. The topological polar surface area (TPSA) is 18.5 Å². The predicted molar refractivity (Wildman–Crippen MR) is 56.8 cm³/mol. The number of ether oxygens (including phenoxy) is 2. The lowest BCUT2D eigenvalue weighted by Crippen LogP contribution is -2.02. The van der Waals surface area contributed by atoms with Gasteiger partial charge in [-0.25, -0.2) is 0 Å². The normalized spacial score (nSPS) is 17.1. The Kier molecular flexibility index (Phi) is 5.66. The summed E-state index contributed by atoms with van der Waals surface area (Å²) in [6.07, 6.45) is 4.49. The van der Waals surface area contributed by atoms with Crippen molar-refractivity contribution in [3.63, 3.8) is 0 Å². The van der Waals surface area contributed by atoms with Crippen LogP contribution in [0, 0.1) is 17.8 Å². The maximum atomic E-state index is 5.20. The molecule has 0 aromatic heterocycles. The molecule has 0 aromatic rings. The SMILES string of the molecule is CC(C)CCCCC#CC1OCCO1. The maximum Gasteiger partial charge on any atom is 0.222 e. The Hall–Kier alpha value is -0.520. The summed E-state index contributed by atoms with van der Waals surface area (Å²) in [6, 6.07) is 0. The fourth-order valence-corrected chi connectivity index (χ4v) is 1.36. The zero-order valence-electron chi connectivity index (χ0n) is 9.21. The van der Waals surface area contributed by atoms with Gasteiger partial charge in [-0.2, -0.15) is 0 Å². The first-order chi connectivity index (χ1) is 6.79. The minimum absolute atomic E-state index is 0.250. The van der Waals surface area contributed by atoms with Crippen LogP contribution >= 0.6 is 0 Å². The van der Waals surface area contributed by atoms with Crippen molar-refractivity contribution < 1.29 is 9.47 Å². The zero-order valence-corrected chi connectivity index (χ0v) is 9.21.